The Morgan fingerprint density at radius 2 is 1.76 bits per heavy atom. The molecule has 0 bridgehead atoms. The van der Waals surface area contributed by atoms with Crippen LogP contribution in [0.5, 0.6) is 0 Å². The summed E-state index contributed by atoms with van der Waals surface area (Å²) in [6, 6.07) is 12.0. The molecule has 1 aromatic carbocycles. The van der Waals surface area contributed by atoms with Crippen molar-refractivity contribution in [3.05, 3.63) is 57.8 Å². The van der Waals surface area contributed by atoms with Crippen molar-refractivity contribution in [1.29, 1.82) is 0 Å². The maximum Gasteiger partial charge on any atom is 0.236 e. The van der Waals surface area contributed by atoms with Crippen LogP contribution in [-0.4, -0.2) is 55.8 Å². The molecule has 2 aromatic rings. The van der Waals surface area contributed by atoms with Gasteiger partial charge in [0.1, 0.15) is 0 Å². The van der Waals surface area contributed by atoms with Crippen molar-refractivity contribution < 1.29 is 9.59 Å². The van der Waals surface area contributed by atoms with Crippen LogP contribution in [0.1, 0.15) is 22.0 Å². The highest BCUT2D eigenvalue weighted by atomic mass is 32.1. The molecule has 0 saturated carbocycles. The maximum atomic E-state index is 12.5. The summed E-state index contributed by atoms with van der Waals surface area (Å²) in [5, 5.41) is 5.10. The van der Waals surface area contributed by atoms with Crippen molar-refractivity contribution in [2.45, 2.75) is 13.0 Å². The van der Waals surface area contributed by atoms with E-state index in [-0.39, 0.29) is 30.9 Å². The number of aryl methyl sites for hydroxylation is 1. The molecule has 0 unspecified atom stereocenters. The zero-order chi connectivity index (χ0) is 18.4. The summed E-state index contributed by atoms with van der Waals surface area (Å²) in [5.41, 5.74) is 2.23. The lowest BCUT2D eigenvalue weighted by Gasteiger charge is -2.22. The average molecular weight is 359 g/mol. The van der Waals surface area contributed by atoms with Crippen molar-refractivity contribution >= 4 is 23.2 Å². The van der Waals surface area contributed by atoms with Crippen molar-refractivity contribution in [2.75, 3.05) is 34.2 Å². The van der Waals surface area contributed by atoms with Gasteiger partial charge in [0.05, 0.1) is 19.1 Å². The topological polar surface area (TPSA) is 52.7 Å². The minimum Gasteiger partial charge on any atom is -0.348 e. The van der Waals surface area contributed by atoms with Gasteiger partial charge in [-0.15, -0.1) is 11.3 Å². The summed E-state index contributed by atoms with van der Waals surface area (Å²) in [7, 11) is 5.19. The standard InChI is InChI=1S/C19H25N3O2S/c1-14-7-9-15(10-8-14)19(16-6-5-11-25-16)20-17(23)12-22(4)13-18(24)21(2)3/h5-11,19H,12-13H2,1-4H3,(H,20,23)/t19-/m1/s1. The van der Waals surface area contributed by atoms with Gasteiger partial charge in [-0.25, -0.2) is 0 Å². The maximum absolute atomic E-state index is 12.5. The SMILES string of the molecule is Cc1ccc([C@@H](NC(=O)CN(C)CC(=O)N(C)C)c2cccs2)cc1. The minimum atomic E-state index is -0.175. The van der Waals surface area contributed by atoms with E-state index < -0.39 is 0 Å². The zero-order valence-electron chi connectivity index (χ0n) is 15.2. The van der Waals surface area contributed by atoms with E-state index in [9.17, 15) is 9.59 Å². The van der Waals surface area contributed by atoms with Crippen molar-refractivity contribution in [3.63, 3.8) is 0 Å². The molecule has 0 spiro atoms. The molecule has 0 saturated heterocycles. The van der Waals surface area contributed by atoms with Crippen LogP contribution in [0.2, 0.25) is 0 Å². The highest BCUT2D eigenvalue weighted by molar-refractivity contribution is 7.10. The van der Waals surface area contributed by atoms with Crippen LogP contribution in [0.4, 0.5) is 0 Å². The highest BCUT2D eigenvalue weighted by Gasteiger charge is 2.19. The molecule has 0 fully saturated rings. The molecule has 2 amide bonds. The number of nitrogens with one attached hydrogen (secondary N) is 1. The molecular formula is C19H25N3O2S. The Morgan fingerprint density at radius 1 is 1.08 bits per heavy atom. The fourth-order valence-corrected chi connectivity index (χ4v) is 3.22. The van der Waals surface area contributed by atoms with Gasteiger partial charge in [-0.3, -0.25) is 14.5 Å². The number of rotatable bonds is 7. The molecule has 1 N–H and O–H groups in total. The van der Waals surface area contributed by atoms with Crippen LogP contribution >= 0.6 is 11.3 Å². The minimum absolute atomic E-state index is 0.0244. The Balaban J connectivity index is 2.05. The number of nitrogens with zero attached hydrogens (tertiary/aromatic N) is 2. The molecule has 6 heteroatoms. The first-order chi connectivity index (χ1) is 11.9. The molecule has 0 aliphatic rings. The Bertz CT molecular complexity index is 696. The number of likely N-dealkylation sites (N-methyl/N-ethyl adjacent to an activating group) is 2. The molecule has 1 heterocycles. The van der Waals surface area contributed by atoms with Crippen LogP contribution in [-0.2, 0) is 9.59 Å². The van der Waals surface area contributed by atoms with E-state index in [0.29, 0.717) is 0 Å². The number of carbonyl (C=O) groups is 2. The van der Waals surface area contributed by atoms with Gasteiger partial charge in [-0.05, 0) is 31.0 Å². The molecular weight excluding hydrogens is 334 g/mol. The molecule has 0 aliphatic heterocycles. The van der Waals surface area contributed by atoms with Crippen LogP contribution in [0.25, 0.3) is 0 Å². The molecule has 5 nitrogen and oxygen atoms in total. The summed E-state index contributed by atoms with van der Waals surface area (Å²) < 4.78 is 0. The third-order valence-electron chi connectivity index (χ3n) is 3.86. The Labute approximate surface area is 153 Å². The lowest BCUT2D eigenvalue weighted by atomic mass is 10.0. The summed E-state index contributed by atoms with van der Waals surface area (Å²) in [5.74, 6) is -0.128. The lowest BCUT2D eigenvalue weighted by molar-refractivity contribution is -0.130. The summed E-state index contributed by atoms with van der Waals surface area (Å²) >= 11 is 1.62. The van der Waals surface area contributed by atoms with Gasteiger partial charge in [-0.2, -0.15) is 0 Å². The second-order valence-corrected chi connectivity index (χ2v) is 7.37. The first-order valence-corrected chi connectivity index (χ1v) is 9.03. The first kappa shape index (κ1) is 19.1. The number of amides is 2. The molecule has 1 aromatic heterocycles. The van der Waals surface area contributed by atoms with E-state index in [2.05, 4.69) is 5.32 Å². The molecule has 1 atom stereocenters. The van der Waals surface area contributed by atoms with Crippen molar-refractivity contribution in [3.8, 4) is 0 Å². The quantitative estimate of drug-likeness (QED) is 0.825. The van der Waals surface area contributed by atoms with Crippen molar-refractivity contribution in [2.24, 2.45) is 0 Å². The number of hydrogen-bond acceptors (Lipinski definition) is 4. The lowest BCUT2D eigenvalue weighted by Crippen LogP contribution is -2.41. The average Bonchev–Trinajstić information content (AvgIpc) is 3.07. The van der Waals surface area contributed by atoms with Crippen LogP contribution in [0.3, 0.4) is 0 Å². The summed E-state index contributed by atoms with van der Waals surface area (Å²) in [4.78, 5) is 28.6. The van der Waals surface area contributed by atoms with E-state index in [0.717, 1.165) is 10.4 Å². The van der Waals surface area contributed by atoms with E-state index in [4.69, 9.17) is 0 Å². The smallest absolute Gasteiger partial charge is 0.236 e. The van der Waals surface area contributed by atoms with Gasteiger partial charge < -0.3 is 10.2 Å². The van der Waals surface area contributed by atoms with Crippen LogP contribution < -0.4 is 5.32 Å². The van der Waals surface area contributed by atoms with Gasteiger partial charge in [0, 0.05) is 19.0 Å². The van der Waals surface area contributed by atoms with Gasteiger partial charge in [0.25, 0.3) is 0 Å². The first-order valence-electron chi connectivity index (χ1n) is 8.15. The number of hydrogen-bond donors (Lipinski definition) is 1. The number of benzene rings is 1. The number of carbonyl (C=O) groups excluding carboxylic acids is 2. The van der Waals surface area contributed by atoms with Crippen LogP contribution in [0.15, 0.2) is 41.8 Å². The normalized spacial score (nSPS) is 12.0. The second kappa shape index (κ2) is 8.78. The molecule has 134 valence electrons. The van der Waals surface area contributed by atoms with Crippen LogP contribution in [0, 0.1) is 6.92 Å². The number of thiophene rings is 1. The van der Waals surface area contributed by atoms with E-state index in [1.807, 2.05) is 48.7 Å². The third-order valence-corrected chi connectivity index (χ3v) is 4.80. The van der Waals surface area contributed by atoms with E-state index in [1.54, 1.807) is 37.4 Å². The van der Waals surface area contributed by atoms with E-state index >= 15 is 0 Å². The summed E-state index contributed by atoms with van der Waals surface area (Å²) in [6.07, 6.45) is 0. The Kier molecular flexibility index (Phi) is 6.73. The molecule has 2 rings (SSSR count). The second-order valence-electron chi connectivity index (χ2n) is 6.39. The predicted octanol–water partition coefficient (Wildman–Crippen LogP) is 2.28. The molecule has 0 radical (unpaired) electrons. The summed E-state index contributed by atoms with van der Waals surface area (Å²) in [6.45, 7) is 2.43. The Morgan fingerprint density at radius 3 is 2.32 bits per heavy atom. The monoisotopic (exact) mass is 359 g/mol. The largest absolute Gasteiger partial charge is 0.348 e. The molecule has 25 heavy (non-hydrogen) atoms. The Hall–Kier alpha value is -2.18. The van der Waals surface area contributed by atoms with Gasteiger partial charge in [-0.1, -0.05) is 35.9 Å². The highest BCUT2D eigenvalue weighted by Crippen LogP contribution is 2.26. The third kappa shape index (κ3) is 5.69. The van der Waals surface area contributed by atoms with Crippen molar-refractivity contribution in [1.82, 2.24) is 15.1 Å². The fourth-order valence-electron chi connectivity index (χ4n) is 2.41. The van der Waals surface area contributed by atoms with E-state index in [1.165, 1.54) is 10.5 Å². The fraction of sp³-hybridized carbons (Fsp3) is 0.368. The van der Waals surface area contributed by atoms with Gasteiger partial charge in [0.2, 0.25) is 11.8 Å². The predicted molar refractivity (Wildman–Crippen MR) is 102 cm³/mol. The molecule has 0 aliphatic carbocycles. The van der Waals surface area contributed by atoms with Gasteiger partial charge in [0.15, 0.2) is 0 Å². The zero-order valence-corrected chi connectivity index (χ0v) is 16.0. The van der Waals surface area contributed by atoms with Gasteiger partial charge >= 0.3 is 0 Å².